The van der Waals surface area contributed by atoms with Crippen LogP contribution in [0.2, 0.25) is 0 Å². The highest BCUT2D eigenvalue weighted by Gasteiger charge is 2.05. The molecule has 2 nitrogen and oxygen atoms in total. The molecule has 0 fully saturated rings. The monoisotopic (exact) mass is 208 g/mol. The van der Waals surface area contributed by atoms with Crippen molar-refractivity contribution in [2.75, 3.05) is 6.61 Å². The van der Waals surface area contributed by atoms with Gasteiger partial charge in [-0.05, 0) is 31.6 Å². The van der Waals surface area contributed by atoms with Crippen molar-refractivity contribution in [3.05, 3.63) is 24.3 Å². The lowest BCUT2D eigenvalue weighted by atomic mass is 9.96. The van der Waals surface area contributed by atoms with Crippen LogP contribution in [0.3, 0.4) is 0 Å². The van der Waals surface area contributed by atoms with Gasteiger partial charge in [-0.25, -0.2) is 4.79 Å². The van der Waals surface area contributed by atoms with E-state index in [0.717, 1.165) is 19.3 Å². The van der Waals surface area contributed by atoms with Crippen LogP contribution in [-0.4, -0.2) is 12.6 Å². The van der Waals surface area contributed by atoms with Crippen LogP contribution in [0.1, 0.15) is 39.0 Å². The summed E-state index contributed by atoms with van der Waals surface area (Å²) in [6.45, 7) is 2.62. The lowest BCUT2D eigenvalue weighted by Crippen LogP contribution is -2.03. The van der Waals surface area contributed by atoms with Gasteiger partial charge in [0.1, 0.15) is 0 Å². The molecule has 1 aliphatic carbocycles. The van der Waals surface area contributed by atoms with Gasteiger partial charge < -0.3 is 4.74 Å². The Balaban J connectivity index is 2.20. The van der Waals surface area contributed by atoms with Crippen LogP contribution in [-0.2, 0) is 9.53 Å². The molecule has 0 aromatic heterocycles. The molecule has 0 aliphatic heterocycles. The van der Waals surface area contributed by atoms with Gasteiger partial charge in [-0.3, -0.25) is 0 Å². The Bertz CT molecular complexity index is 241. The zero-order valence-corrected chi connectivity index (χ0v) is 9.45. The maximum atomic E-state index is 11.2. The smallest absolute Gasteiger partial charge is 0.330 e. The number of esters is 1. The third-order valence-corrected chi connectivity index (χ3v) is 2.51. The van der Waals surface area contributed by atoms with Gasteiger partial charge in [-0.1, -0.05) is 31.6 Å². The highest BCUT2D eigenvalue weighted by Crippen LogP contribution is 2.17. The number of allylic oxidation sites excluding steroid dienone is 3. The van der Waals surface area contributed by atoms with E-state index < -0.39 is 0 Å². The van der Waals surface area contributed by atoms with Crippen LogP contribution in [0.4, 0.5) is 0 Å². The molecule has 0 amide bonds. The number of hydrogen-bond donors (Lipinski definition) is 0. The zero-order valence-electron chi connectivity index (χ0n) is 9.45. The maximum absolute atomic E-state index is 11.2. The first-order valence-corrected chi connectivity index (χ1v) is 5.84. The van der Waals surface area contributed by atoms with Crippen LogP contribution in [0.15, 0.2) is 24.3 Å². The molecule has 15 heavy (non-hydrogen) atoms. The molecule has 0 heterocycles. The Labute approximate surface area is 92.0 Å². The molecule has 0 bridgehead atoms. The quantitative estimate of drug-likeness (QED) is 0.300. The first-order valence-electron chi connectivity index (χ1n) is 5.84. The third kappa shape index (κ3) is 5.40. The van der Waals surface area contributed by atoms with Crippen molar-refractivity contribution < 1.29 is 9.53 Å². The molecule has 0 aromatic carbocycles. The standard InChI is InChI=1S/C13H20O2/c1-2-3-11-15-13(14)10-9-12-7-5-4-6-8-12/h5,7,9-10,12H,2-4,6,8,11H2,1H3/b10-9+. The Morgan fingerprint density at radius 2 is 2.47 bits per heavy atom. The fourth-order valence-electron chi connectivity index (χ4n) is 1.57. The highest BCUT2D eigenvalue weighted by atomic mass is 16.5. The lowest BCUT2D eigenvalue weighted by molar-refractivity contribution is -0.137. The number of carbonyl (C=O) groups excluding carboxylic acids is 1. The number of rotatable bonds is 5. The second-order valence-electron chi connectivity index (χ2n) is 3.90. The minimum Gasteiger partial charge on any atom is -0.463 e. The molecule has 0 saturated carbocycles. The minimum absolute atomic E-state index is 0.206. The normalized spacial score (nSPS) is 20.7. The fourth-order valence-corrected chi connectivity index (χ4v) is 1.57. The molecular formula is C13H20O2. The second kappa shape index (κ2) is 7.27. The van der Waals surface area contributed by atoms with Gasteiger partial charge in [0, 0.05) is 6.08 Å². The van der Waals surface area contributed by atoms with Crippen molar-refractivity contribution in [3.8, 4) is 0 Å². The van der Waals surface area contributed by atoms with E-state index in [9.17, 15) is 4.79 Å². The fraction of sp³-hybridized carbons (Fsp3) is 0.615. The van der Waals surface area contributed by atoms with Gasteiger partial charge in [0.05, 0.1) is 6.61 Å². The molecule has 0 radical (unpaired) electrons. The summed E-state index contributed by atoms with van der Waals surface area (Å²) in [6.07, 6.45) is 13.4. The van der Waals surface area contributed by atoms with Crippen LogP contribution in [0.5, 0.6) is 0 Å². The van der Waals surface area contributed by atoms with Crippen LogP contribution in [0, 0.1) is 5.92 Å². The van der Waals surface area contributed by atoms with E-state index in [2.05, 4.69) is 19.1 Å². The van der Waals surface area contributed by atoms with Gasteiger partial charge >= 0.3 is 5.97 Å². The van der Waals surface area contributed by atoms with E-state index in [1.807, 2.05) is 6.08 Å². The number of ether oxygens (including phenoxy) is 1. The molecule has 0 saturated heterocycles. The number of carbonyl (C=O) groups is 1. The van der Waals surface area contributed by atoms with Crippen LogP contribution >= 0.6 is 0 Å². The molecule has 1 aliphatic rings. The SMILES string of the molecule is CCCCOC(=O)/C=C/C1C=CCCC1. The first kappa shape index (κ1) is 12.0. The van der Waals surface area contributed by atoms with E-state index in [1.165, 1.54) is 12.8 Å². The maximum Gasteiger partial charge on any atom is 0.330 e. The molecule has 1 unspecified atom stereocenters. The molecular weight excluding hydrogens is 188 g/mol. The van der Waals surface area contributed by atoms with Crippen molar-refractivity contribution in [3.63, 3.8) is 0 Å². The molecule has 2 heteroatoms. The topological polar surface area (TPSA) is 26.3 Å². The highest BCUT2D eigenvalue weighted by molar-refractivity contribution is 5.81. The van der Waals surface area contributed by atoms with Crippen molar-refractivity contribution >= 4 is 5.97 Å². The summed E-state index contributed by atoms with van der Waals surface area (Å²) in [6, 6.07) is 0. The van der Waals surface area contributed by atoms with Crippen molar-refractivity contribution in [2.45, 2.75) is 39.0 Å². The van der Waals surface area contributed by atoms with Gasteiger partial charge in [-0.15, -0.1) is 0 Å². The summed E-state index contributed by atoms with van der Waals surface area (Å²) < 4.78 is 5.02. The van der Waals surface area contributed by atoms with E-state index >= 15 is 0 Å². The van der Waals surface area contributed by atoms with E-state index in [0.29, 0.717) is 12.5 Å². The molecule has 0 aromatic rings. The largest absolute Gasteiger partial charge is 0.463 e. The van der Waals surface area contributed by atoms with Crippen molar-refractivity contribution in [1.82, 2.24) is 0 Å². The molecule has 0 spiro atoms. The summed E-state index contributed by atoms with van der Waals surface area (Å²) in [7, 11) is 0. The predicted octanol–water partition coefficient (Wildman–Crippen LogP) is 3.24. The van der Waals surface area contributed by atoms with Crippen molar-refractivity contribution in [1.29, 1.82) is 0 Å². The summed E-state index contributed by atoms with van der Waals surface area (Å²) in [5.74, 6) is 0.222. The molecule has 1 atom stereocenters. The van der Waals surface area contributed by atoms with E-state index in [4.69, 9.17) is 4.74 Å². The van der Waals surface area contributed by atoms with E-state index in [1.54, 1.807) is 6.08 Å². The van der Waals surface area contributed by atoms with Crippen LogP contribution < -0.4 is 0 Å². The Hall–Kier alpha value is -1.05. The molecule has 84 valence electrons. The summed E-state index contributed by atoms with van der Waals surface area (Å²) in [5, 5.41) is 0. The average molecular weight is 208 g/mol. The molecule has 0 N–H and O–H groups in total. The summed E-state index contributed by atoms with van der Waals surface area (Å²) in [5.41, 5.74) is 0. The predicted molar refractivity (Wildman–Crippen MR) is 61.5 cm³/mol. The Kier molecular flexibility index (Phi) is 5.83. The third-order valence-electron chi connectivity index (χ3n) is 2.51. The second-order valence-corrected chi connectivity index (χ2v) is 3.90. The van der Waals surface area contributed by atoms with Gasteiger partial charge in [0.15, 0.2) is 0 Å². The van der Waals surface area contributed by atoms with Crippen molar-refractivity contribution in [2.24, 2.45) is 5.92 Å². The zero-order chi connectivity index (χ0) is 10.9. The number of hydrogen-bond acceptors (Lipinski definition) is 2. The van der Waals surface area contributed by atoms with Gasteiger partial charge in [0.2, 0.25) is 0 Å². The minimum atomic E-state index is -0.206. The van der Waals surface area contributed by atoms with E-state index in [-0.39, 0.29) is 5.97 Å². The van der Waals surface area contributed by atoms with Crippen LogP contribution in [0.25, 0.3) is 0 Å². The summed E-state index contributed by atoms with van der Waals surface area (Å²) >= 11 is 0. The Morgan fingerprint density at radius 1 is 1.60 bits per heavy atom. The number of unbranched alkanes of at least 4 members (excludes halogenated alkanes) is 1. The summed E-state index contributed by atoms with van der Waals surface area (Å²) in [4.78, 5) is 11.2. The average Bonchev–Trinajstić information content (AvgIpc) is 2.28. The molecule has 1 rings (SSSR count). The van der Waals surface area contributed by atoms with Gasteiger partial charge in [0.25, 0.3) is 0 Å². The Morgan fingerprint density at radius 3 is 3.13 bits per heavy atom. The van der Waals surface area contributed by atoms with Gasteiger partial charge in [-0.2, -0.15) is 0 Å². The first-order chi connectivity index (χ1) is 7.33. The lowest BCUT2D eigenvalue weighted by Gasteiger charge is -2.10.